The highest BCUT2D eigenvalue weighted by molar-refractivity contribution is 8.12. The van der Waals surface area contributed by atoms with Gasteiger partial charge in [0, 0.05) is 12.3 Å². The van der Waals surface area contributed by atoms with Crippen LogP contribution in [0.5, 0.6) is 0 Å². The van der Waals surface area contributed by atoms with Gasteiger partial charge in [-0.1, -0.05) is 58.8 Å². The van der Waals surface area contributed by atoms with E-state index in [0.29, 0.717) is 0 Å². The third kappa shape index (κ3) is 12.0. The van der Waals surface area contributed by atoms with E-state index in [-0.39, 0.29) is 0 Å². The third-order valence-electron chi connectivity index (χ3n) is 2.19. The average molecular weight is 215 g/mol. The molecule has 0 aromatic rings. The fourth-order valence-electron chi connectivity index (χ4n) is 1.29. The number of unbranched alkanes of at least 4 members (excludes halogenated alkanes) is 6. The molecule has 2 heteroatoms. The van der Waals surface area contributed by atoms with Crippen molar-refractivity contribution in [3.63, 3.8) is 0 Å². The van der Waals surface area contributed by atoms with Crippen molar-refractivity contribution in [2.45, 2.75) is 58.8 Å². The molecule has 1 heterocycles. The van der Waals surface area contributed by atoms with Gasteiger partial charge in [-0.3, -0.25) is 4.99 Å². The molecule has 0 atom stereocenters. The highest BCUT2D eigenvalue weighted by Crippen LogP contribution is 2.05. The normalized spacial score (nSPS) is 13.9. The van der Waals surface area contributed by atoms with E-state index in [2.05, 4.69) is 18.8 Å². The van der Waals surface area contributed by atoms with Gasteiger partial charge in [0.1, 0.15) is 0 Å². The largest absolute Gasteiger partial charge is 0.285 e. The van der Waals surface area contributed by atoms with Crippen molar-refractivity contribution in [1.29, 1.82) is 0 Å². The standard InChI is InChI=1S/C9H20.C3H5NS/c1-3-5-7-9-8-6-4-2;1-2-5-3-4-1/h3-9H2,1-2H3;3H,1-2H2. The van der Waals surface area contributed by atoms with Crippen LogP contribution in [0.15, 0.2) is 4.99 Å². The molecule has 0 aromatic heterocycles. The first-order valence-electron chi connectivity index (χ1n) is 6.01. The molecule has 1 rings (SSSR count). The van der Waals surface area contributed by atoms with Gasteiger partial charge < -0.3 is 0 Å². The molecule has 0 spiro atoms. The van der Waals surface area contributed by atoms with E-state index in [1.165, 1.54) is 50.7 Å². The summed E-state index contributed by atoms with van der Waals surface area (Å²) in [5.74, 6) is 1.19. The second-order valence-electron chi connectivity index (χ2n) is 3.65. The van der Waals surface area contributed by atoms with Gasteiger partial charge in [-0.15, -0.1) is 11.8 Å². The van der Waals surface area contributed by atoms with E-state index < -0.39 is 0 Å². The van der Waals surface area contributed by atoms with Crippen molar-refractivity contribution in [2.75, 3.05) is 12.3 Å². The molecule has 0 aromatic carbocycles. The summed E-state index contributed by atoms with van der Waals surface area (Å²) in [5, 5.41) is 0. The number of hydrogen-bond acceptors (Lipinski definition) is 2. The van der Waals surface area contributed by atoms with Crippen LogP contribution in [0.25, 0.3) is 0 Å². The van der Waals surface area contributed by atoms with Gasteiger partial charge in [0.05, 0.1) is 5.55 Å². The van der Waals surface area contributed by atoms with Gasteiger partial charge in [-0.05, 0) is 0 Å². The summed E-state index contributed by atoms with van der Waals surface area (Å²) in [7, 11) is 0. The Kier molecular flexibility index (Phi) is 13.0. The molecule has 84 valence electrons. The molecule has 0 N–H and O–H groups in total. The zero-order valence-electron chi connectivity index (χ0n) is 9.80. The molecule has 0 bridgehead atoms. The Bertz CT molecular complexity index is 111. The van der Waals surface area contributed by atoms with Gasteiger partial charge in [-0.25, -0.2) is 0 Å². The maximum Gasteiger partial charge on any atom is 0.0542 e. The Labute approximate surface area is 93.8 Å². The summed E-state index contributed by atoms with van der Waals surface area (Å²) in [4.78, 5) is 3.92. The molecule has 1 aliphatic heterocycles. The molecule has 0 unspecified atom stereocenters. The molecule has 0 amide bonds. The van der Waals surface area contributed by atoms with Crippen LogP contribution in [-0.2, 0) is 0 Å². The number of aliphatic imine (C=N–C) groups is 1. The van der Waals surface area contributed by atoms with Gasteiger partial charge in [0.15, 0.2) is 0 Å². The second kappa shape index (κ2) is 13.0. The Morgan fingerprint density at radius 3 is 1.86 bits per heavy atom. The second-order valence-corrected chi connectivity index (χ2v) is 4.60. The van der Waals surface area contributed by atoms with E-state index in [9.17, 15) is 0 Å². The molecular weight excluding hydrogens is 190 g/mol. The van der Waals surface area contributed by atoms with Crippen LogP contribution in [-0.4, -0.2) is 17.8 Å². The summed E-state index contributed by atoms with van der Waals surface area (Å²) in [6.07, 6.45) is 9.97. The molecule has 0 saturated heterocycles. The molecule has 0 radical (unpaired) electrons. The Balaban J connectivity index is 0.000000280. The predicted molar refractivity (Wildman–Crippen MR) is 69.5 cm³/mol. The zero-order chi connectivity index (χ0) is 10.5. The van der Waals surface area contributed by atoms with E-state index in [1.807, 2.05) is 5.55 Å². The zero-order valence-corrected chi connectivity index (χ0v) is 10.6. The molecular formula is C12H25NS. The first kappa shape index (κ1) is 14.0. The molecule has 0 aliphatic carbocycles. The maximum absolute atomic E-state index is 3.92. The van der Waals surface area contributed by atoms with E-state index >= 15 is 0 Å². The lowest BCUT2D eigenvalue weighted by Crippen LogP contribution is -1.76. The monoisotopic (exact) mass is 215 g/mol. The highest BCUT2D eigenvalue weighted by atomic mass is 32.2. The van der Waals surface area contributed by atoms with Crippen LogP contribution in [0.2, 0.25) is 0 Å². The van der Waals surface area contributed by atoms with Crippen molar-refractivity contribution in [3.8, 4) is 0 Å². The predicted octanol–water partition coefficient (Wildman–Crippen LogP) is 4.52. The average Bonchev–Trinajstić information content (AvgIpc) is 2.76. The maximum atomic E-state index is 3.92. The van der Waals surface area contributed by atoms with E-state index in [4.69, 9.17) is 0 Å². The lowest BCUT2D eigenvalue weighted by molar-refractivity contribution is 0.602. The highest BCUT2D eigenvalue weighted by Gasteiger charge is 1.86. The summed E-state index contributed by atoms with van der Waals surface area (Å²) >= 11 is 1.78. The van der Waals surface area contributed by atoms with Crippen molar-refractivity contribution in [3.05, 3.63) is 0 Å². The Hall–Kier alpha value is 0.0200. The topological polar surface area (TPSA) is 12.4 Å². The molecule has 0 saturated carbocycles. The number of hydrogen-bond donors (Lipinski definition) is 0. The first-order valence-corrected chi connectivity index (χ1v) is 7.06. The van der Waals surface area contributed by atoms with Gasteiger partial charge in [0.25, 0.3) is 0 Å². The summed E-state index contributed by atoms with van der Waals surface area (Å²) in [6, 6.07) is 0. The fourth-order valence-corrected chi connectivity index (χ4v) is 1.82. The minimum absolute atomic E-state index is 1.03. The lowest BCUT2D eigenvalue weighted by atomic mass is 10.1. The minimum atomic E-state index is 1.03. The third-order valence-corrected chi connectivity index (χ3v) is 2.91. The van der Waals surface area contributed by atoms with Crippen LogP contribution < -0.4 is 0 Å². The molecule has 0 fully saturated rings. The first-order chi connectivity index (χ1) is 6.91. The Morgan fingerprint density at radius 1 is 1.00 bits per heavy atom. The smallest absolute Gasteiger partial charge is 0.0542 e. The lowest BCUT2D eigenvalue weighted by Gasteiger charge is -1.96. The number of nitrogens with zero attached hydrogens (tertiary/aromatic N) is 1. The number of rotatable bonds is 6. The van der Waals surface area contributed by atoms with Crippen LogP contribution in [0.1, 0.15) is 58.8 Å². The molecule has 1 aliphatic rings. The fraction of sp³-hybridized carbons (Fsp3) is 0.917. The van der Waals surface area contributed by atoms with Gasteiger partial charge in [-0.2, -0.15) is 0 Å². The van der Waals surface area contributed by atoms with E-state index in [0.717, 1.165) is 6.54 Å². The molecule has 14 heavy (non-hydrogen) atoms. The number of thioether (sulfide) groups is 1. The summed E-state index contributed by atoms with van der Waals surface area (Å²) in [5.41, 5.74) is 1.90. The van der Waals surface area contributed by atoms with Crippen LogP contribution in [0.4, 0.5) is 0 Å². The van der Waals surface area contributed by atoms with Crippen molar-refractivity contribution in [2.24, 2.45) is 4.99 Å². The van der Waals surface area contributed by atoms with Crippen LogP contribution >= 0.6 is 11.8 Å². The quantitative estimate of drug-likeness (QED) is 0.593. The summed E-state index contributed by atoms with van der Waals surface area (Å²) in [6.45, 7) is 5.56. The van der Waals surface area contributed by atoms with Gasteiger partial charge >= 0.3 is 0 Å². The van der Waals surface area contributed by atoms with E-state index in [1.54, 1.807) is 11.8 Å². The minimum Gasteiger partial charge on any atom is -0.285 e. The SMILES string of the molecule is C1=NCCS1.CCCCCCCCC. The van der Waals surface area contributed by atoms with Crippen LogP contribution in [0, 0.1) is 0 Å². The summed E-state index contributed by atoms with van der Waals surface area (Å²) < 4.78 is 0. The van der Waals surface area contributed by atoms with Gasteiger partial charge in [0.2, 0.25) is 0 Å². The van der Waals surface area contributed by atoms with Crippen molar-refractivity contribution in [1.82, 2.24) is 0 Å². The van der Waals surface area contributed by atoms with Crippen molar-refractivity contribution >= 4 is 17.3 Å². The Morgan fingerprint density at radius 2 is 1.57 bits per heavy atom. The van der Waals surface area contributed by atoms with Crippen molar-refractivity contribution < 1.29 is 0 Å². The molecule has 1 nitrogen and oxygen atoms in total. The van der Waals surface area contributed by atoms with Crippen LogP contribution in [0.3, 0.4) is 0 Å².